The van der Waals surface area contributed by atoms with Gasteiger partial charge in [-0.25, -0.2) is 0 Å². The van der Waals surface area contributed by atoms with Crippen molar-refractivity contribution >= 4 is 5.91 Å². The average molecular weight is 244 g/mol. The molecule has 0 aromatic heterocycles. The second-order valence-corrected chi connectivity index (χ2v) is 4.99. The van der Waals surface area contributed by atoms with Gasteiger partial charge in [0.15, 0.2) is 0 Å². The Balaban J connectivity index is 2.18. The van der Waals surface area contributed by atoms with E-state index in [0.29, 0.717) is 51.5 Å². The summed E-state index contributed by atoms with van der Waals surface area (Å²) in [5, 5.41) is 12.9. The molecular weight excluding hydrogens is 220 g/mol. The summed E-state index contributed by atoms with van der Waals surface area (Å²) >= 11 is 0. The number of nitrogens with two attached hydrogens (primary N) is 1. The topological polar surface area (TPSA) is 84.6 Å². The summed E-state index contributed by atoms with van der Waals surface area (Å²) in [6.45, 7) is 4.09. The first-order valence-corrected chi connectivity index (χ1v) is 6.32. The van der Waals surface area contributed by atoms with Crippen molar-refractivity contribution in [3.05, 3.63) is 0 Å². The number of aliphatic hydroxyl groups is 1. The van der Waals surface area contributed by atoms with Crippen LogP contribution in [-0.2, 0) is 9.53 Å². The molecule has 0 bridgehead atoms. The Hall–Kier alpha value is -0.650. The van der Waals surface area contributed by atoms with Crippen LogP contribution in [0, 0.1) is 5.92 Å². The Morgan fingerprint density at radius 3 is 2.76 bits per heavy atom. The van der Waals surface area contributed by atoms with Gasteiger partial charge in [0.05, 0.1) is 5.60 Å². The van der Waals surface area contributed by atoms with Crippen LogP contribution in [-0.4, -0.2) is 42.9 Å². The Morgan fingerprint density at radius 1 is 1.53 bits per heavy atom. The third kappa shape index (κ3) is 5.48. The van der Waals surface area contributed by atoms with Gasteiger partial charge in [-0.1, -0.05) is 6.92 Å². The largest absolute Gasteiger partial charge is 0.388 e. The second-order valence-electron chi connectivity index (χ2n) is 4.99. The molecule has 1 amide bonds. The quantitative estimate of drug-likeness (QED) is 0.615. The van der Waals surface area contributed by atoms with Crippen molar-refractivity contribution in [3.63, 3.8) is 0 Å². The maximum absolute atomic E-state index is 11.6. The van der Waals surface area contributed by atoms with Gasteiger partial charge in [-0.3, -0.25) is 4.79 Å². The molecule has 4 N–H and O–H groups in total. The van der Waals surface area contributed by atoms with Gasteiger partial charge < -0.3 is 20.9 Å². The lowest BCUT2D eigenvalue weighted by atomic mass is 9.94. The zero-order valence-electron chi connectivity index (χ0n) is 10.6. The van der Waals surface area contributed by atoms with Crippen molar-refractivity contribution in [1.82, 2.24) is 5.32 Å². The second kappa shape index (κ2) is 6.93. The predicted molar refractivity (Wildman–Crippen MR) is 65.5 cm³/mol. The highest BCUT2D eigenvalue weighted by Crippen LogP contribution is 2.19. The highest BCUT2D eigenvalue weighted by molar-refractivity contribution is 5.75. The Labute approximate surface area is 103 Å². The van der Waals surface area contributed by atoms with E-state index in [2.05, 4.69) is 5.32 Å². The zero-order valence-corrected chi connectivity index (χ0v) is 10.6. The zero-order chi connectivity index (χ0) is 12.7. The summed E-state index contributed by atoms with van der Waals surface area (Å²) in [5.41, 5.74) is 4.70. The summed E-state index contributed by atoms with van der Waals surface area (Å²) < 4.78 is 5.18. The van der Waals surface area contributed by atoms with Gasteiger partial charge in [0.25, 0.3) is 0 Å². The maximum atomic E-state index is 11.6. The molecule has 100 valence electrons. The average Bonchev–Trinajstić information content (AvgIpc) is 2.34. The minimum Gasteiger partial charge on any atom is -0.388 e. The molecule has 1 aliphatic rings. The van der Waals surface area contributed by atoms with Crippen LogP contribution in [0.1, 0.15) is 32.6 Å². The highest BCUT2D eigenvalue weighted by atomic mass is 16.5. The van der Waals surface area contributed by atoms with E-state index in [4.69, 9.17) is 10.5 Å². The molecule has 0 aromatic carbocycles. The Kier molecular flexibility index (Phi) is 5.88. The molecule has 0 spiro atoms. The van der Waals surface area contributed by atoms with Gasteiger partial charge in [-0.2, -0.15) is 0 Å². The molecule has 17 heavy (non-hydrogen) atoms. The van der Waals surface area contributed by atoms with Gasteiger partial charge in [0.2, 0.25) is 5.91 Å². The predicted octanol–water partition coefficient (Wildman–Crippen LogP) is 0.0191. The lowest BCUT2D eigenvalue weighted by Crippen LogP contribution is -2.46. The standard InChI is InChI=1S/C12H24N2O3/c1-10(8-13)2-3-11(15)14-9-12(16)4-6-17-7-5-12/h10,16H,2-9,13H2,1H3,(H,14,15). The van der Waals surface area contributed by atoms with Crippen molar-refractivity contribution in [2.45, 2.75) is 38.2 Å². The van der Waals surface area contributed by atoms with E-state index < -0.39 is 5.60 Å². The van der Waals surface area contributed by atoms with Gasteiger partial charge >= 0.3 is 0 Å². The van der Waals surface area contributed by atoms with E-state index in [1.807, 2.05) is 6.92 Å². The SMILES string of the molecule is CC(CN)CCC(=O)NCC1(O)CCOCC1. The summed E-state index contributed by atoms with van der Waals surface area (Å²) in [5.74, 6) is 0.358. The van der Waals surface area contributed by atoms with Crippen molar-refractivity contribution in [2.24, 2.45) is 11.7 Å². The highest BCUT2D eigenvalue weighted by Gasteiger charge is 2.29. The monoisotopic (exact) mass is 244 g/mol. The summed E-state index contributed by atoms with van der Waals surface area (Å²) in [6.07, 6.45) is 2.45. The number of carbonyl (C=O) groups excluding carboxylic acids is 1. The van der Waals surface area contributed by atoms with Crippen molar-refractivity contribution < 1.29 is 14.6 Å². The van der Waals surface area contributed by atoms with E-state index in [-0.39, 0.29) is 5.91 Å². The van der Waals surface area contributed by atoms with Crippen molar-refractivity contribution in [1.29, 1.82) is 0 Å². The van der Waals surface area contributed by atoms with Crippen LogP contribution in [0.2, 0.25) is 0 Å². The number of nitrogens with one attached hydrogen (secondary N) is 1. The normalized spacial score (nSPS) is 20.9. The first-order valence-electron chi connectivity index (χ1n) is 6.32. The van der Waals surface area contributed by atoms with E-state index in [1.165, 1.54) is 0 Å². The number of ether oxygens (including phenoxy) is 1. The molecule has 1 saturated heterocycles. The maximum Gasteiger partial charge on any atom is 0.220 e. The molecule has 1 heterocycles. The smallest absolute Gasteiger partial charge is 0.220 e. The Bertz CT molecular complexity index is 240. The summed E-state index contributed by atoms with van der Waals surface area (Å²) in [6, 6.07) is 0. The third-order valence-corrected chi connectivity index (χ3v) is 3.30. The first-order chi connectivity index (χ1) is 8.06. The van der Waals surface area contributed by atoms with Crippen molar-refractivity contribution in [2.75, 3.05) is 26.3 Å². The van der Waals surface area contributed by atoms with Crippen LogP contribution >= 0.6 is 0 Å². The van der Waals surface area contributed by atoms with E-state index >= 15 is 0 Å². The molecule has 5 heteroatoms. The lowest BCUT2D eigenvalue weighted by molar-refractivity contribution is -0.124. The van der Waals surface area contributed by atoms with Crippen LogP contribution in [0.4, 0.5) is 0 Å². The lowest BCUT2D eigenvalue weighted by Gasteiger charge is -2.32. The molecule has 0 aliphatic carbocycles. The molecule has 1 atom stereocenters. The molecule has 1 unspecified atom stereocenters. The number of rotatable bonds is 6. The molecule has 1 fully saturated rings. The van der Waals surface area contributed by atoms with Crippen LogP contribution in [0.25, 0.3) is 0 Å². The fraction of sp³-hybridized carbons (Fsp3) is 0.917. The van der Waals surface area contributed by atoms with Crippen LogP contribution in [0.3, 0.4) is 0 Å². The van der Waals surface area contributed by atoms with Crippen LogP contribution < -0.4 is 11.1 Å². The van der Waals surface area contributed by atoms with Crippen molar-refractivity contribution in [3.8, 4) is 0 Å². The minimum atomic E-state index is -0.784. The molecule has 5 nitrogen and oxygen atoms in total. The summed E-state index contributed by atoms with van der Waals surface area (Å²) in [7, 11) is 0. The minimum absolute atomic E-state index is 0.00906. The number of hydrogen-bond acceptors (Lipinski definition) is 4. The van der Waals surface area contributed by atoms with Gasteiger partial charge in [0, 0.05) is 39.0 Å². The van der Waals surface area contributed by atoms with E-state index in [0.717, 1.165) is 6.42 Å². The Morgan fingerprint density at radius 2 is 2.18 bits per heavy atom. The third-order valence-electron chi connectivity index (χ3n) is 3.30. The first kappa shape index (κ1) is 14.4. The number of carbonyl (C=O) groups is 1. The van der Waals surface area contributed by atoms with Gasteiger partial charge in [-0.15, -0.1) is 0 Å². The number of hydrogen-bond donors (Lipinski definition) is 3. The fourth-order valence-electron chi connectivity index (χ4n) is 1.77. The van der Waals surface area contributed by atoms with E-state index in [9.17, 15) is 9.90 Å². The molecule has 0 saturated carbocycles. The van der Waals surface area contributed by atoms with Crippen LogP contribution in [0.5, 0.6) is 0 Å². The molecule has 0 radical (unpaired) electrons. The van der Waals surface area contributed by atoms with E-state index in [1.54, 1.807) is 0 Å². The number of amides is 1. The summed E-state index contributed by atoms with van der Waals surface area (Å²) in [4.78, 5) is 11.6. The van der Waals surface area contributed by atoms with Gasteiger partial charge in [0.1, 0.15) is 0 Å². The van der Waals surface area contributed by atoms with Crippen LogP contribution in [0.15, 0.2) is 0 Å². The molecule has 1 aliphatic heterocycles. The molecule has 1 rings (SSSR count). The molecule has 0 aromatic rings. The fourth-order valence-corrected chi connectivity index (χ4v) is 1.77. The molecular formula is C12H24N2O3. The van der Waals surface area contributed by atoms with Gasteiger partial charge in [-0.05, 0) is 18.9 Å².